The minimum Gasteiger partial charge on any atom is -0.358 e. The molecule has 1 aliphatic heterocycles. The fourth-order valence-electron chi connectivity index (χ4n) is 2.25. The molecule has 1 atom stereocenters. The van der Waals surface area contributed by atoms with Crippen LogP contribution in [0.5, 0.6) is 0 Å². The van der Waals surface area contributed by atoms with E-state index in [0.717, 1.165) is 6.42 Å². The molecule has 2 heterocycles. The Kier molecular flexibility index (Phi) is 2.98. The topological polar surface area (TPSA) is 66.9 Å². The van der Waals surface area contributed by atoms with Crippen molar-refractivity contribution in [1.29, 1.82) is 0 Å². The summed E-state index contributed by atoms with van der Waals surface area (Å²) in [5.74, 6) is -0.101. The largest absolute Gasteiger partial charge is 0.358 e. The standard InChI is InChI=1S/C13H13FN4O/c14-8-3-1-4-9-11(8)12(17-7-16-9)18-10-5-2-6-15-13(10)19/h1,3-4,7,10H,2,5-6H2,(H,15,19)(H,16,17,18)/t10-/m0/s1. The van der Waals surface area contributed by atoms with E-state index in [-0.39, 0.29) is 11.9 Å². The Labute approximate surface area is 109 Å². The summed E-state index contributed by atoms with van der Waals surface area (Å²) in [6.45, 7) is 0.690. The maximum Gasteiger partial charge on any atom is 0.242 e. The molecule has 5 nitrogen and oxygen atoms in total. The number of rotatable bonds is 2. The summed E-state index contributed by atoms with van der Waals surface area (Å²) >= 11 is 0. The molecule has 0 unspecified atom stereocenters. The third-order valence-electron chi connectivity index (χ3n) is 3.21. The Morgan fingerprint density at radius 3 is 3.11 bits per heavy atom. The minimum atomic E-state index is -0.392. The van der Waals surface area contributed by atoms with Gasteiger partial charge in [-0.2, -0.15) is 0 Å². The lowest BCUT2D eigenvalue weighted by Crippen LogP contribution is -2.44. The molecule has 1 aromatic carbocycles. The molecule has 2 aromatic rings. The van der Waals surface area contributed by atoms with Gasteiger partial charge in [-0.1, -0.05) is 6.07 Å². The molecular weight excluding hydrogens is 247 g/mol. The number of hydrogen-bond donors (Lipinski definition) is 2. The van der Waals surface area contributed by atoms with E-state index in [1.807, 2.05) is 0 Å². The van der Waals surface area contributed by atoms with Gasteiger partial charge < -0.3 is 10.6 Å². The normalized spacial score (nSPS) is 19.2. The second kappa shape index (κ2) is 4.79. The summed E-state index contributed by atoms with van der Waals surface area (Å²) in [5, 5.41) is 6.11. The van der Waals surface area contributed by atoms with Crippen LogP contribution in [0.3, 0.4) is 0 Å². The Morgan fingerprint density at radius 1 is 1.37 bits per heavy atom. The smallest absolute Gasteiger partial charge is 0.242 e. The van der Waals surface area contributed by atoms with Crippen LogP contribution < -0.4 is 10.6 Å². The van der Waals surface area contributed by atoms with Crippen molar-refractivity contribution < 1.29 is 9.18 Å². The Hall–Kier alpha value is -2.24. The van der Waals surface area contributed by atoms with Gasteiger partial charge in [0.1, 0.15) is 24.0 Å². The summed E-state index contributed by atoms with van der Waals surface area (Å²) in [6.07, 6.45) is 2.98. The number of amides is 1. The Balaban J connectivity index is 1.98. The molecule has 6 heteroatoms. The number of piperidine rings is 1. The molecule has 1 amide bonds. The van der Waals surface area contributed by atoms with E-state index in [4.69, 9.17) is 0 Å². The lowest BCUT2D eigenvalue weighted by atomic mass is 10.1. The number of nitrogens with one attached hydrogen (secondary N) is 2. The van der Waals surface area contributed by atoms with Gasteiger partial charge in [-0.25, -0.2) is 14.4 Å². The fraction of sp³-hybridized carbons (Fsp3) is 0.308. The van der Waals surface area contributed by atoms with Crippen molar-refractivity contribution in [2.75, 3.05) is 11.9 Å². The first-order valence-electron chi connectivity index (χ1n) is 6.19. The van der Waals surface area contributed by atoms with Gasteiger partial charge in [0.2, 0.25) is 5.91 Å². The van der Waals surface area contributed by atoms with Crippen molar-refractivity contribution >= 4 is 22.6 Å². The molecular formula is C13H13FN4O. The molecule has 0 spiro atoms. The minimum absolute atomic E-state index is 0.0747. The highest BCUT2D eigenvalue weighted by Gasteiger charge is 2.23. The van der Waals surface area contributed by atoms with Crippen molar-refractivity contribution in [2.24, 2.45) is 0 Å². The lowest BCUT2D eigenvalue weighted by molar-refractivity contribution is -0.123. The predicted octanol–water partition coefficient (Wildman–Crippen LogP) is 1.46. The third-order valence-corrected chi connectivity index (χ3v) is 3.21. The van der Waals surface area contributed by atoms with Gasteiger partial charge >= 0.3 is 0 Å². The number of carbonyl (C=O) groups excluding carboxylic acids is 1. The summed E-state index contributed by atoms with van der Waals surface area (Å²) in [6, 6.07) is 4.30. The third kappa shape index (κ3) is 2.21. The first-order valence-corrected chi connectivity index (χ1v) is 6.19. The quantitative estimate of drug-likeness (QED) is 0.858. The molecule has 0 radical (unpaired) electrons. The molecule has 98 valence electrons. The Bertz CT molecular complexity index is 626. The first-order chi connectivity index (χ1) is 9.25. The number of hydrogen-bond acceptors (Lipinski definition) is 4. The number of aromatic nitrogens is 2. The number of carbonyl (C=O) groups is 1. The molecule has 0 bridgehead atoms. The van der Waals surface area contributed by atoms with E-state index < -0.39 is 5.82 Å². The van der Waals surface area contributed by atoms with E-state index in [1.165, 1.54) is 12.4 Å². The number of fused-ring (bicyclic) bond motifs is 1. The molecule has 0 aliphatic carbocycles. The molecule has 1 saturated heterocycles. The molecule has 1 fully saturated rings. The zero-order chi connectivity index (χ0) is 13.2. The Morgan fingerprint density at radius 2 is 2.26 bits per heavy atom. The van der Waals surface area contributed by atoms with Crippen LogP contribution in [0.15, 0.2) is 24.5 Å². The van der Waals surface area contributed by atoms with Crippen LogP contribution in [0.25, 0.3) is 10.9 Å². The van der Waals surface area contributed by atoms with Crippen LogP contribution in [0, 0.1) is 5.82 Å². The molecule has 3 rings (SSSR count). The van der Waals surface area contributed by atoms with Gasteiger partial charge in [-0.3, -0.25) is 4.79 Å². The summed E-state index contributed by atoms with van der Waals surface area (Å²) in [7, 11) is 0. The van der Waals surface area contributed by atoms with E-state index in [0.29, 0.717) is 29.7 Å². The average molecular weight is 260 g/mol. The van der Waals surface area contributed by atoms with Gasteiger partial charge in [0.15, 0.2) is 0 Å². The number of anilines is 1. The van der Waals surface area contributed by atoms with Gasteiger partial charge in [0, 0.05) is 6.54 Å². The van der Waals surface area contributed by atoms with E-state index in [2.05, 4.69) is 20.6 Å². The van der Waals surface area contributed by atoms with Crippen LogP contribution in [-0.2, 0) is 4.79 Å². The predicted molar refractivity (Wildman–Crippen MR) is 69.2 cm³/mol. The van der Waals surface area contributed by atoms with Gasteiger partial charge in [-0.15, -0.1) is 0 Å². The molecule has 1 aliphatic rings. The van der Waals surface area contributed by atoms with E-state index in [1.54, 1.807) is 12.1 Å². The number of halogens is 1. The first kappa shape index (κ1) is 11.8. The van der Waals surface area contributed by atoms with Gasteiger partial charge in [-0.05, 0) is 25.0 Å². The van der Waals surface area contributed by atoms with Crippen molar-refractivity contribution in [3.8, 4) is 0 Å². The van der Waals surface area contributed by atoms with Crippen LogP contribution in [0.2, 0.25) is 0 Å². The lowest BCUT2D eigenvalue weighted by Gasteiger charge is -2.23. The highest BCUT2D eigenvalue weighted by atomic mass is 19.1. The summed E-state index contributed by atoms with van der Waals surface area (Å²) in [5.41, 5.74) is 0.522. The summed E-state index contributed by atoms with van der Waals surface area (Å²) in [4.78, 5) is 19.8. The van der Waals surface area contributed by atoms with Crippen LogP contribution in [0.1, 0.15) is 12.8 Å². The van der Waals surface area contributed by atoms with Crippen LogP contribution in [-0.4, -0.2) is 28.5 Å². The fourth-order valence-corrected chi connectivity index (χ4v) is 2.25. The van der Waals surface area contributed by atoms with E-state index >= 15 is 0 Å². The van der Waals surface area contributed by atoms with Crippen molar-refractivity contribution in [2.45, 2.75) is 18.9 Å². The summed E-state index contributed by atoms with van der Waals surface area (Å²) < 4.78 is 13.9. The van der Waals surface area contributed by atoms with E-state index in [9.17, 15) is 9.18 Å². The highest BCUT2D eigenvalue weighted by molar-refractivity contribution is 5.92. The van der Waals surface area contributed by atoms with Crippen molar-refractivity contribution in [3.05, 3.63) is 30.3 Å². The van der Waals surface area contributed by atoms with Gasteiger partial charge in [0.05, 0.1) is 10.9 Å². The monoisotopic (exact) mass is 260 g/mol. The number of benzene rings is 1. The SMILES string of the molecule is O=C1NCCC[C@@H]1Nc1ncnc2cccc(F)c12. The number of nitrogens with zero attached hydrogens (tertiary/aromatic N) is 2. The zero-order valence-corrected chi connectivity index (χ0v) is 10.2. The maximum absolute atomic E-state index is 13.9. The molecule has 19 heavy (non-hydrogen) atoms. The van der Waals surface area contributed by atoms with Crippen molar-refractivity contribution in [1.82, 2.24) is 15.3 Å². The highest BCUT2D eigenvalue weighted by Crippen LogP contribution is 2.23. The maximum atomic E-state index is 13.9. The zero-order valence-electron chi connectivity index (χ0n) is 10.2. The molecule has 2 N–H and O–H groups in total. The second-order valence-electron chi connectivity index (χ2n) is 4.49. The van der Waals surface area contributed by atoms with Crippen LogP contribution >= 0.6 is 0 Å². The van der Waals surface area contributed by atoms with Crippen LogP contribution in [0.4, 0.5) is 10.2 Å². The van der Waals surface area contributed by atoms with Crippen molar-refractivity contribution in [3.63, 3.8) is 0 Å². The average Bonchev–Trinajstić information content (AvgIpc) is 2.42. The second-order valence-corrected chi connectivity index (χ2v) is 4.49. The molecule has 0 saturated carbocycles. The molecule has 1 aromatic heterocycles. The van der Waals surface area contributed by atoms with Gasteiger partial charge in [0.25, 0.3) is 0 Å².